The molecule has 0 aliphatic rings. The Morgan fingerprint density at radius 3 is 2.48 bits per heavy atom. The number of ether oxygens (including phenoxy) is 1. The van der Waals surface area contributed by atoms with E-state index in [0.29, 0.717) is 16.7 Å². The van der Waals surface area contributed by atoms with Gasteiger partial charge >= 0.3 is 11.6 Å². The number of carbonyl (C=O) groups is 2. The van der Waals surface area contributed by atoms with E-state index in [1.165, 1.54) is 6.07 Å². The van der Waals surface area contributed by atoms with Crippen LogP contribution < -0.4 is 10.4 Å². The zero-order chi connectivity index (χ0) is 18.0. The van der Waals surface area contributed by atoms with E-state index < -0.39 is 23.0 Å². The van der Waals surface area contributed by atoms with E-state index in [1.54, 1.807) is 55.5 Å². The largest absolute Gasteiger partial charge is 0.423 e. The summed E-state index contributed by atoms with van der Waals surface area (Å²) in [4.78, 5) is 36.7. The van der Waals surface area contributed by atoms with E-state index >= 15 is 0 Å². The number of ketones is 1. The molecule has 0 fully saturated rings. The highest BCUT2D eigenvalue weighted by Crippen LogP contribution is 2.19. The second-order valence-corrected chi connectivity index (χ2v) is 5.45. The Morgan fingerprint density at radius 2 is 1.72 bits per heavy atom. The van der Waals surface area contributed by atoms with Gasteiger partial charge in [-0.05, 0) is 30.7 Å². The van der Waals surface area contributed by atoms with Crippen molar-refractivity contribution < 1.29 is 18.7 Å². The molecule has 0 N–H and O–H groups in total. The maximum absolute atomic E-state index is 12.5. The molecule has 0 amide bonds. The quantitative estimate of drug-likeness (QED) is 0.139. The van der Waals surface area contributed by atoms with Gasteiger partial charge in [-0.1, -0.05) is 43.0 Å². The zero-order valence-electron chi connectivity index (χ0n) is 13.4. The van der Waals surface area contributed by atoms with Crippen LogP contribution in [0.25, 0.3) is 11.0 Å². The Morgan fingerprint density at radius 1 is 1.04 bits per heavy atom. The van der Waals surface area contributed by atoms with Crippen molar-refractivity contribution >= 4 is 22.7 Å². The van der Waals surface area contributed by atoms with Crippen molar-refractivity contribution in [1.82, 2.24) is 0 Å². The third-order valence-electron chi connectivity index (χ3n) is 3.70. The van der Waals surface area contributed by atoms with Crippen LogP contribution in [0.15, 0.2) is 76.0 Å². The van der Waals surface area contributed by atoms with Crippen molar-refractivity contribution in [3.8, 4) is 5.75 Å². The molecule has 0 spiro atoms. The van der Waals surface area contributed by atoms with Gasteiger partial charge in [0.25, 0.3) is 0 Å². The van der Waals surface area contributed by atoms with Gasteiger partial charge in [0.05, 0.1) is 0 Å². The Hall–Kier alpha value is -3.47. The van der Waals surface area contributed by atoms with E-state index in [0.717, 1.165) is 5.56 Å². The fourth-order valence-corrected chi connectivity index (χ4v) is 2.31. The van der Waals surface area contributed by atoms with Crippen LogP contribution in [0.2, 0.25) is 0 Å². The van der Waals surface area contributed by atoms with E-state index in [2.05, 4.69) is 6.58 Å². The highest BCUT2D eigenvalue weighted by molar-refractivity contribution is 6.24. The number of hydrogen-bond acceptors (Lipinski definition) is 5. The minimum Gasteiger partial charge on any atom is -0.423 e. The van der Waals surface area contributed by atoms with Gasteiger partial charge in [0, 0.05) is 5.39 Å². The van der Waals surface area contributed by atoms with Crippen LogP contribution in [0, 0.1) is 6.92 Å². The molecule has 0 aliphatic heterocycles. The average Bonchev–Trinajstić information content (AvgIpc) is 2.61. The van der Waals surface area contributed by atoms with E-state index in [1.807, 2.05) is 0 Å². The van der Waals surface area contributed by atoms with Crippen molar-refractivity contribution in [3.05, 3.63) is 88.3 Å². The molecule has 5 nitrogen and oxygen atoms in total. The second kappa shape index (κ2) is 6.57. The smallest absolute Gasteiger partial charge is 0.347 e. The monoisotopic (exact) mass is 334 g/mol. The van der Waals surface area contributed by atoms with Gasteiger partial charge in [-0.25, -0.2) is 9.59 Å². The van der Waals surface area contributed by atoms with Crippen LogP contribution in [0.4, 0.5) is 0 Å². The lowest BCUT2D eigenvalue weighted by molar-refractivity contribution is -0.129. The standard InChI is InChI=1S/C20H14O5/c1-12-7-3-5-9-16(12)24-19(22)13(2)18(21)15-11-14-8-4-6-10-17(14)25-20(15)23/h3-11H,2H2,1H3. The molecule has 0 aliphatic carbocycles. The maximum atomic E-state index is 12.5. The molecule has 0 atom stereocenters. The predicted octanol–water partition coefficient (Wildman–Crippen LogP) is 3.45. The predicted molar refractivity (Wildman–Crippen MR) is 92.8 cm³/mol. The van der Waals surface area contributed by atoms with Crippen LogP contribution in [0.3, 0.4) is 0 Å². The number of fused-ring (bicyclic) bond motifs is 1. The third-order valence-corrected chi connectivity index (χ3v) is 3.70. The molecule has 2 aromatic carbocycles. The van der Waals surface area contributed by atoms with E-state index in [-0.39, 0.29) is 5.56 Å². The fraction of sp³-hybridized carbons (Fsp3) is 0.0500. The van der Waals surface area contributed by atoms with Gasteiger partial charge in [0.15, 0.2) is 0 Å². The molecule has 5 heteroatoms. The normalized spacial score (nSPS) is 10.4. The molecule has 3 aromatic rings. The highest BCUT2D eigenvalue weighted by atomic mass is 16.5. The first-order valence-electron chi connectivity index (χ1n) is 7.51. The lowest BCUT2D eigenvalue weighted by atomic mass is 10.1. The average molecular weight is 334 g/mol. The summed E-state index contributed by atoms with van der Waals surface area (Å²) in [6, 6.07) is 15.0. The lowest BCUT2D eigenvalue weighted by Gasteiger charge is -2.08. The SMILES string of the molecule is C=C(C(=O)Oc1ccccc1C)C(=O)c1cc2ccccc2oc1=O. The third kappa shape index (κ3) is 3.26. The van der Waals surface area contributed by atoms with E-state index in [9.17, 15) is 14.4 Å². The zero-order valence-corrected chi connectivity index (χ0v) is 13.4. The number of esters is 1. The summed E-state index contributed by atoms with van der Waals surface area (Å²) in [5.74, 6) is -1.41. The van der Waals surface area contributed by atoms with Crippen LogP contribution in [-0.4, -0.2) is 11.8 Å². The summed E-state index contributed by atoms with van der Waals surface area (Å²) in [7, 11) is 0. The number of rotatable bonds is 4. The summed E-state index contributed by atoms with van der Waals surface area (Å²) in [6.45, 7) is 5.24. The highest BCUT2D eigenvalue weighted by Gasteiger charge is 2.23. The molecule has 0 bridgehead atoms. The molecule has 0 unspecified atom stereocenters. The van der Waals surface area contributed by atoms with Gasteiger partial charge in [-0.3, -0.25) is 4.79 Å². The van der Waals surface area contributed by atoms with Crippen molar-refractivity contribution in [1.29, 1.82) is 0 Å². The van der Waals surface area contributed by atoms with Crippen LogP contribution in [0.1, 0.15) is 15.9 Å². The topological polar surface area (TPSA) is 73.6 Å². The molecule has 124 valence electrons. The maximum Gasteiger partial charge on any atom is 0.347 e. The van der Waals surface area contributed by atoms with Gasteiger partial charge in [-0.15, -0.1) is 0 Å². The van der Waals surface area contributed by atoms with Crippen molar-refractivity contribution in [2.45, 2.75) is 6.92 Å². The molecule has 0 saturated heterocycles. The molecular formula is C20H14O5. The summed E-state index contributed by atoms with van der Waals surface area (Å²) < 4.78 is 10.3. The molecule has 25 heavy (non-hydrogen) atoms. The number of carbonyl (C=O) groups excluding carboxylic acids is 2. The molecule has 0 radical (unpaired) electrons. The number of Topliss-reactive ketones (excluding diaryl/α,β-unsaturated/α-hetero) is 1. The number of hydrogen-bond donors (Lipinski definition) is 0. The molecule has 3 rings (SSSR count). The summed E-state index contributed by atoms with van der Waals surface area (Å²) >= 11 is 0. The summed E-state index contributed by atoms with van der Waals surface area (Å²) in [5, 5.41) is 0.575. The van der Waals surface area contributed by atoms with Crippen LogP contribution in [-0.2, 0) is 4.79 Å². The van der Waals surface area contributed by atoms with Crippen LogP contribution >= 0.6 is 0 Å². The first kappa shape index (κ1) is 16.4. The Kier molecular flexibility index (Phi) is 4.31. The van der Waals surface area contributed by atoms with Crippen molar-refractivity contribution in [2.24, 2.45) is 0 Å². The molecule has 0 saturated carbocycles. The van der Waals surface area contributed by atoms with Gasteiger partial charge in [-0.2, -0.15) is 0 Å². The van der Waals surface area contributed by atoms with Gasteiger partial charge in [0.1, 0.15) is 22.5 Å². The number of para-hydroxylation sites is 2. The van der Waals surface area contributed by atoms with Crippen LogP contribution in [0.5, 0.6) is 5.75 Å². The number of aryl methyl sites for hydroxylation is 1. The van der Waals surface area contributed by atoms with Crippen molar-refractivity contribution in [3.63, 3.8) is 0 Å². The van der Waals surface area contributed by atoms with Crippen molar-refractivity contribution in [2.75, 3.05) is 0 Å². The summed E-state index contributed by atoms with van der Waals surface area (Å²) in [6.07, 6.45) is 0. The molecule has 1 aromatic heterocycles. The minimum absolute atomic E-state index is 0.259. The first-order chi connectivity index (χ1) is 12.0. The van der Waals surface area contributed by atoms with E-state index in [4.69, 9.17) is 9.15 Å². The first-order valence-corrected chi connectivity index (χ1v) is 7.51. The lowest BCUT2D eigenvalue weighted by Crippen LogP contribution is -2.22. The Bertz CT molecular complexity index is 1060. The summed E-state index contributed by atoms with van der Waals surface area (Å²) in [5.41, 5.74) is -0.428. The fourth-order valence-electron chi connectivity index (χ4n) is 2.31. The molecular weight excluding hydrogens is 320 g/mol. The number of benzene rings is 2. The Labute approximate surface area is 143 Å². The van der Waals surface area contributed by atoms with Gasteiger partial charge in [0.2, 0.25) is 5.78 Å². The second-order valence-electron chi connectivity index (χ2n) is 5.45. The minimum atomic E-state index is -0.910. The molecule has 1 heterocycles. The van der Waals surface area contributed by atoms with Gasteiger partial charge < -0.3 is 9.15 Å². The Balaban J connectivity index is 1.89.